The number of nitrogens with one attached hydrogen (secondary N) is 1. The standard InChI is InChI=1S/C12H13N3/c1-8-10-4-2-3-5-11(10)12(15-14-8)13-9-6-7-9/h2-5,9H,6-7H2,1H3,(H,13,15). The highest BCUT2D eigenvalue weighted by Gasteiger charge is 2.22. The van der Waals surface area contributed by atoms with Crippen molar-refractivity contribution in [1.82, 2.24) is 10.2 Å². The summed E-state index contributed by atoms with van der Waals surface area (Å²) in [5.41, 5.74) is 0.993. The Labute approximate surface area is 88.5 Å². The van der Waals surface area contributed by atoms with Crippen LogP contribution in [0.4, 0.5) is 5.82 Å². The molecule has 1 aromatic carbocycles. The molecule has 1 heterocycles. The average Bonchev–Trinajstić information content (AvgIpc) is 3.07. The van der Waals surface area contributed by atoms with Crippen molar-refractivity contribution in [1.29, 1.82) is 0 Å². The molecule has 3 nitrogen and oxygen atoms in total. The first-order valence-corrected chi connectivity index (χ1v) is 5.33. The van der Waals surface area contributed by atoms with Crippen LogP contribution in [0.25, 0.3) is 10.8 Å². The van der Waals surface area contributed by atoms with Crippen LogP contribution in [-0.4, -0.2) is 16.2 Å². The van der Waals surface area contributed by atoms with Gasteiger partial charge in [-0.1, -0.05) is 24.3 Å². The second kappa shape index (κ2) is 3.19. The van der Waals surface area contributed by atoms with Crippen LogP contribution in [-0.2, 0) is 0 Å². The Kier molecular flexibility index (Phi) is 1.84. The molecule has 1 N–H and O–H groups in total. The Balaban J connectivity index is 2.16. The molecule has 0 bridgehead atoms. The second-order valence-electron chi connectivity index (χ2n) is 4.10. The maximum Gasteiger partial charge on any atom is 0.156 e. The first-order chi connectivity index (χ1) is 7.34. The summed E-state index contributed by atoms with van der Waals surface area (Å²) in [6.45, 7) is 2.00. The molecule has 1 aliphatic carbocycles. The molecule has 3 rings (SSSR count). The number of hydrogen-bond acceptors (Lipinski definition) is 3. The third-order valence-electron chi connectivity index (χ3n) is 2.79. The van der Waals surface area contributed by atoms with Crippen LogP contribution in [0.5, 0.6) is 0 Å². The maximum absolute atomic E-state index is 4.23. The lowest BCUT2D eigenvalue weighted by molar-refractivity contribution is 0.982. The number of anilines is 1. The summed E-state index contributed by atoms with van der Waals surface area (Å²) in [7, 11) is 0. The smallest absolute Gasteiger partial charge is 0.156 e. The summed E-state index contributed by atoms with van der Waals surface area (Å²) in [5.74, 6) is 0.929. The predicted molar refractivity (Wildman–Crippen MR) is 60.9 cm³/mol. The van der Waals surface area contributed by atoms with Crippen LogP contribution in [0, 0.1) is 6.92 Å². The van der Waals surface area contributed by atoms with E-state index >= 15 is 0 Å². The van der Waals surface area contributed by atoms with Crippen molar-refractivity contribution in [2.45, 2.75) is 25.8 Å². The Hall–Kier alpha value is -1.64. The van der Waals surface area contributed by atoms with Gasteiger partial charge in [0.15, 0.2) is 5.82 Å². The van der Waals surface area contributed by atoms with Crippen LogP contribution in [0.1, 0.15) is 18.5 Å². The van der Waals surface area contributed by atoms with Crippen molar-refractivity contribution in [3.05, 3.63) is 30.0 Å². The molecule has 1 aliphatic rings. The van der Waals surface area contributed by atoms with Gasteiger partial charge in [-0.15, -0.1) is 5.10 Å². The molecule has 0 unspecified atom stereocenters. The quantitative estimate of drug-likeness (QED) is 0.807. The number of nitrogens with zero attached hydrogens (tertiary/aromatic N) is 2. The van der Waals surface area contributed by atoms with Crippen molar-refractivity contribution in [2.75, 3.05) is 5.32 Å². The average molecular weight is 199 g/mol. The number of aryl methyl sites for hydroxylation is 1. The molecule has 2 aromatic rings. The molecular formula is C12H13N3. The summed E-state index contributed by atoms with van der Waals surface area (Å²) >= 11 is 0. The molecule has 0 spiro atoms. The molecule has 1 fully saturated rings. The van der Waals surface area contributed by atoms with Gasteiger partial charge in [-0.3, -0.25) is 0 Å². The lowest BCUT2D eigenvalue weighted by atomic mass is 10.1. The number of fused-ring (bicyclic) bond motifs is 1. The van der Waals surface area contributed by atoms with Crippen molar-refractivity contribution >= 4 is 16.6 Å². The van der Waals surface area contributed by atoms with Crippen LogP contribution in [0.2, 0.25) is 0 Å². The Morgan fingerprint density at radius 2 is 1.87 bits per heavy atom. The SMILES string of the molecule is Cc1nnc(NC2CC2)c2ccccc12. The first kappa shape index (κ1) is 8.65. The van der Waals surface area contributed by atoms with Crippen LogP contribution < -0.4 is 5.32 Å². The molecule has 0 radical (unpaired) electrons. The molecule has 76 valence electrons. The number of hydrogen-bond donors (Lipinski definition) is 1. The van der Waals surface area contributed by atoms with E-state index in [4.69, 9.17) is 0 Å². The lowest BCUT2D eigenvalue weighted by Crippen LogP contribution is -2.05. The number of aromatic nitrogens is 2. The van der Waals surface area contributed by atoms with Crippen molar-refractivity contribution in [3.8, 4) is 0 Å². The van der Waals surface area contributed by atoms with Gasteiger partial charge in [0.2, 0.25) is 0 Å². The fourth-order valence-electron chi connectivity index (χ4n) is 1.77. The van der Waals surface area contributed by atoms with Gasteiger partial charge in [-0.05, 0) is 19.8 Å². The zero-order valence-corrected chi connectivity index (χ0v) is 8.70. The predicted octanol–water partition coefficient (Wildman–Crippen LogP) is 2.51. The highest BCUT2D eigenvalue weighted by Crippen LogP contribution is 2.28. The van der Waals surface area contributed by atoms with Crippen molar-refractivity contribution in [2.24, 2.45) is 0 Å². The Morgan fingerprint density at radius 3 is 2.60 bits per heavy atom. The molecule has 0 atom stereocenters. The Bertz CT molecular complexity index is 503. The number of benzene rings is 1. The van der Waals surface area contributed by atoms with Gasteiger partial charge in [0.1, 0.15) is 0 Å². The lowest BCUT2D eigenvalue weighted by Gasteiger charge is -2.07. The molecular weight excluding hydrogens is 186 g/mol. The number of rotatable bonds is 2. The van der Waals surface area contributed by atoms with Gasteiger partial charge < -0.3 is 5.32 Å². The van der Waals surface area contributed by atoms with E-state index in [1.54, 1.807) is 0 Å². The summed E-state index contributed by atoms with van der Waals surface area (Å²) in [4.78, 5) is 0. The topological polar surface area (TPSA) is 37.8 Å². The maximum atomic E-state index is 4.23. The minimum absolute atomic E-state index is 0.616. The van der Waals surface area contributed by atoms with E-state index in [1.807, 2.05) is 19.1 Å². The van der Waals surface area contributed by atoms with E-state index in [0.29, 0.717) is 6.04 Å². The fraction of sp³-hybridized carbons (Fsp3) is 0.333. The minimum atomic E-state index is 0.616. The van der Waals surface area contributed by atoms with Crippen LogP contribution >= 0.6 is 0 Å². The first-order valence-electron chi connectivity index (χ1n) is 5.33. The summed E-state index contributed by atoms with van der Waals surface area (Å²) < 4.78 is 0. The normalized spacial score (nSPS) is 15.5. The molecule has 0 saturated heterocycles. The molecule has 1 saturated carbocycles. The molecule has 15 heavy (non-hydrogen) atoms. The van der Waals surface area contributed by atoms with E-state index in [9.17, 15) is 0 Å². The van der Waals surface area contributed by atoms with E-state index in [1.165, 1.54) is 23.6 Å². The Morgan fingerprint density at radius 1 is 1.13 bits per heavy atom. The van der Waals surface area contributed by atoms with Gasteiger partial charge in [0.25, 0.3) is 0 Å². The van der Waals surface area contributed by atoms with Crippen LogP contribution in [0.3, 0.4) is 0 Å². The van der Waals surface area contributed by atoms with Gasteiger partial charge in [0, 0.05) is 16.8 Å². The zero-order chi connectivity index (χ0) is 10.3. The minimum Gasteiger partial charge on any atom is -0.365 e. The van der Waals surface area contributed by atoms with Gasteiger partial charge in [0.05, 0.1) is 5.69 Å². The third-order valence-corrected chi connectivity index (χ3v) is 2.79. The van der Waals surface area contributed by atoms with E-state index in [-0.39, 0.29) is 0 Å². The monoisotopic (exact) mass is 199 g/mol. The summed E-state index contributed by atoms with van der Waals surface area (Å²) in [5, 5.41) is 14.2. The van der Waals surface area contributed by atoms with Crippen molar-refractivity contribution in [3.63, 3.8) is 0 Å². The van der Waals surface area contributed by atoms with E-state index in [2.05, 4.69) is 27.6 Å². The highest BCUT2D eigenvalue weighted by atomic mass is 15.2. The third kappa shape index (κ3) is 1.54. The summed E-state index contributed by atoms with van der Waals surface area (Å²) in [6.07, 6.45) is 2.51. The largest absolute Gasteiger partial charge is 0.365 e. The van der Waals surface area contributed by atoms with Gasteiger partial charge in [-0.2, -0.15) is 5.10 Å². The highest BCUT2D eigenvalue weighted by molar-refractivity contribution is 5.92. The van der Waals surface area contributed by atoms with Crippen LogP contribution in [0.15, 0.2) is 24.3 Å². The summed E-state index contributed by atoms with van der Waals surface area (Å²) in [6, 6.07) is 8.89. The zero-order valence-electron chi connectivity index (χ0n) is 8.70. The molecule has 0 amide bonds. The van der Waals surface area contributed by atoms with E-state index in [0.717, 1.165) is 11.5 Å². The molecule has 3 heteroatoms. The molecule has 0 aliphatic heterocycles. The van der Waals surface area contributed by atoms with Crippen molar-refractivity contribution < 1.29 is 0 Å². The molecule has 1 aromatic heterocycles. The second-order valence-corrected chi connectivity index (χ2v) is 4.10. The fourth-order valence-corrected chi connectivity index (χ4v) is 1.77. The van der Waals surface area contributed by atoms with Gasteiger partial charge in [-0.25, -0.2) is 0 Å². The van der Waals surface area contributed by atoms with E-state index < -0.39 is 0 Å². The van der Waals surface area contributed by atoms with Gasteiger partial charge >= 0.3 is 0 Å².